The van der Waals surface area contributed by atoms with E-state index in [4.69, 9.17) is 4.74 Å². The van der Waals surface area contributed by atoms with E-state index in [-0.39, 0.29) is 11.1 Å². The summed E-state index contributed by atoms with van der Waals surface area (Å²) < 4.78 is 6.38. The van der Waals surface area contributed by atoms with Gasteiger partial charge in [0.05, 0.1) is 11.1 Å². The van der Waals surface area contributed by atoms with Crippen LogP contribution in [0.1, 0.15) is 66.7 Å². The lowest BCUT2D eigenvalue weighted by Crippen LogP contribution is -2.61. The summed E-state index contributed by atoms with van der Waals surface area (Å²) in [6.45, 7) is 7.38. The third-order valence-corrected chi connectivity index (χ3v) is 5.95. The first-order valence-corrected chi connectivity index (χ1v) is 10.1. The van der Waals surface area contributed by atoms with Crippen molar-refractivity contribution in [2.75, 3.05) is 19.6 Å². The van der Waals surface area contributed by atoms with Crippen molar-refractivity contribution in [3.8, 4) is 5.75 Å². The predicted molar refractivity (Wildman–Crippen MR) is 105 cm³/mol. The Morgan fingerprint density at radius 2 is 1.82 bits per heavy atom. The molecule has 0 atom stereocenters. The Hall–Kier alpha value is -2.12. The Bertz CT molecular complexity index is 724. The molecule has 154 valence electrons. The van der Waals surface area contributed by atoms with Crippen LogP contribution in [0.2, 0.25) is 0 Å². The highest BCUT2D eigenvalue weighted by molar-refractivity contribution is 6.02. The lowest BCUT2D eigenvalue weighted by atomic mass is 9.83. The Balaban J connectivity index is 1.83. The standard InChI is InChI=1S/C21H30N2O5/c1-14(2)23(13-15-6-10-22-11-7-15)21(8-3-9-21)28-16-4-5-17(19(24)25)18(12-16)20(26)27/h4-5,12,14-15,22H,3,6-11,13H2,1-2H3,(H,24,25)(H,26,27). The van der Waals surface area contributed by atoms with Gasteiger partial charge in [0.2, 0.25) is 0 Å². The van der Waals surface area contributed by atoms with Crippen molar-refractivity contribution in [1.82, 2.24) is 10.2 Å². The van der Waals surface area contributed by atoms with E-state index in [1.807, 2.05) is 0 Å². The number of aromatic carboxylic acids is 2. The lowest BCUT2D eigenvalue weighted by molar-refractivity contribution is -0.159. The van der Waals surface area contributed by atoms with Crippen LogP contribution in [0.25, 0.3) is 0 Å². The summed E-state index contributed by atoms with van der Waals surface area (Å²) in [5, 5.41) is 22.0. The minimum atomic E-state index is -1.26. The van der Waals surface area contributed by atoms with E-state index >= 15 is 0 Å². The van der Waals surface area contributed by atoms with Crippen LogP contribution in [-0.2, 0) is 0 Å². The van der Waals surface area contributed by atoms with Gasteiger partial charge in [0, 0.05) is 25.4 Å². The molecule has 7 heteroatoms. The minimum absolute atomic E-state index is 0.224. The Kier molecular flexibility index (Phi) is 6.25. The topological polar surface area (TPSA) is 99.1 Å². The zero-order valence-corrected chi connectivity index (χ0v) is 16.6. The van der Waals surface area contributed by atoms with Gasteiger partial charge >= 0.3 is 11.9 Å². The van der Waals surface area contributed by atoms with Gasteiger partial charge in [-0.1, -0.05) is 0 Å². The molecule has 1 aliphatic carbocycles. The van der Waals surface area contributed by atoms with Crippen LogP contribution in [0.5, 0.6) is 5.75 Å². The van der Waals surface area contributed by atoms with Crippen molar-refractivity contribution in [2.24, 2.45) is 5.92 Å². The molecule has 2 fully saturated rings. The molecular weight excluding hydrogens is 360 g/mol. The number of carbonyl (C=O) groups is 2. The summed E-state index contributed by atoms with van der Waals surface area (Å²) in [5.41, 5.74) is -0.911. The van der Waals surface area contributed by atoms with Crippen molar-refractivity contribution < 1.29 is 24.5 Å². The van der Waals surface area contributed by atoms with Gasteiger partial charge in [0.25, 0.3) is 0 Å². The van der Waals surface area contributed by atoms with E-state index in [1.54, 1.807) is 6.07 Å². The van der Waals surface area contributed by atoms with Crippen LogP contribution in [-0.4, -0.2) is 58.5 Å². The fourth-order valence-corrected chi connectivity index (χ4v) is 4.29. The number of carboxylic acid groups (broad SMARTS) is 2. The average Bonchev–Trinajstić information content (AvgIpc) is 2.63. The number of nitrogens with zero attached hydrogens (tertiary/aromatic N) is 1. The summed E-state index contributed by atoms with van der Waals surface area (Å²) >= 11 is 0. The molecule has 0 aromatic heterocycles. The smallest absolute Gasteiger partial charge is 0.336 e. The fourth-order valence-electron chi connectivity index (χ4n) is 4.29. The molecule has 1 saturated carbocycles. The van der Waals surface area contributed by atoms with Gasteiger partial charge in [-0.15, -0.1) is 0 Å². The van der Waals surface area contributed by atoms with Gasteiger partial charge in [-0.25, -0.2) is 9.59 Å². The number of carboxylic acids is 2. The maximum absolute atomic E-state index is 11.5. The molecule has 2 aliphatic rings. The molecule has 1 heterocycles. The summed E-state index contributed by atoms with van der Waals surface area (Å²) in [4.78, 5) is 25.2. The first-order chi connectivity index (χ1) is 13.3. The second kappa shape index (κ2) is 8.49. The van der Waals surface area contributed by atoms with Crippen molar-refractivity contribution >= 4 is 11.9 Å². The molecule has 1 aliphatic heterocycles. The molecule has 28 heavy (non-hydrogen) atoms. The van der Waals surface area contributed by atoms with E-state index in [2.05, 4.69) is 24.1 Å². The third-order valence-electron chi connectivity index (χ3n) is 5.95. The zero-order chi connectivity index (χ0) is 20.3. The van der Waals surface area contributed by atoms with Gasteiger partial charge in [-0.2, -0.15) is 0 Å². The molecule has 1 aromatic carbocycles. The number of ether oxygens (including phenoxy) is 1. The molecule has 0 unspecified atom stereocenters. The predicted octanol–water partition coefficient (Wildman–Crippen LogP) is 3.05. The second-order valence-electron chi connectivity index (χ2n) is 8.16. The molecule has 1 saturated heterocycles. The molecule has 3 N–H and O–H groups in total. The summed E-state index contributed by atoms with van der Waals surface area (Å²) in [7, 11) is 0. The van der Waals surface area contributed by atoms with Gasteiger partial charge < -0.3 is 20.3 Å². The summed E-state index contributed by atoms with van der Waals surface area (Å²) in [5.74, 6) is -1.48. The minimum Gasteiger partial charge on any atom is -0.478 e. The first kappa shape index (κ1) is 20.6. The molecular formula is C21H30N2O5. The number of nitrogens with one attached hydrogen (secondary N) is 1. The highest BCUT2D eigenvalue weighted by Gasteiger charge is 2.46. The maximum atomic E-state index is 11.5. The zero-order valence-electron chi connectivity index (χ0n) is 16.6. The molecule has 3 rings (SSSR count). The van der Waals surface area contributed by atoms with Crippen LogP contribution in [0.3, 0.4) is 0 Å². The van der Waals surface area contributed by atoms with Gasteiger partial charge in [0.15, 0.2) is 5.72 Å². The van der Waals surface area contributed by atoms with Crippen molar-refractivity contribution in [2.45, 2.75) is 57.7 Å². The quantitative estimate of drug-likeness (QED) is 0.587. The van der Waals surface area contributed by atoms with Crippen LogP contribution in [0.15, 0.2) is 18.2 Å². The molecule has 1 aromatic rings. The average molecular weight is 390 g/mol. The van der Waals surface area contributed by atoms with Crippen LogP contribution in [0.4, 0.5) is 0 Å². The Morgan fingerprint density at radius 1 is 1.18 bits per heavy atom. The van der Waals surface area contributed by atoms with Crippen molar-refractivity contribution in [1.29, 1.82) is 0 Å². The molecule has 0 spiro atoms. The van der Waals surface area contributed by atoms with Crippen molar-refractivity contribution in [3.63, 3.8) is 0 Å². The summed E-state index contributed by atoms with van der Waals surface area (Å²) in [6.07, 6.45) is 5.14. The van der Waals surface area contributed by atoms with Gasteiger partial charge in [0.1, 0.15) is 5.75 Å². The molecule has 0 amide bonds. The van der Waals surface area contributed by atoms with Crippen LogP contribution >= 0.6 is 0 Å². The monoisotopic (exact) mass is 390 g/mol. The molecule has 7 nitrogen and oxygen atoms in total. The third kappa shape index (κ3) is 4.31. The van der Waals surface area contributed by atoms with Gasteiger partial charge in [-0.3, -0.25) is 4.90 Å². The number of benzene rings is 1. The lowest BCUT2D eigenvalue weighted by Gasteiger charge is -2.52. The van der Waals surface area contributed by atoms with E-state index in [0.29, 0.717) is 17.7 Å². The number of hydrogen-bond acceptors (Lipinski definition) is 5. The molecule has 0 bridgehead atoms. The highest BCUT2D eigenvalue weighted by atomic mass is 16.5. The van der Waals surface area contributed by atoms with Crippen LogP contribution in [0, 0.1) is 5.92 Å². The maximum Gasteiger partial charge on any atom is 0.336 e. The van der Waals surface area contributed by atoms with E-state index in [1.165, 1.54) is 12.1 Å². The second-order valence-corrected chi connectivity index (χ2v) is 8.16. The van der Waals surface area contributed by atoms with E-state index in [0.717, 1.165) is 51.7 Å². The fraction of sp³-hybridized carbons (Fsp3) is 0.619. The number of hydrogen-bond donors (Lipinski definition) is 3. The number of piperidine rings is 1. The largest absolute Gasteiger partial charge is 0.478 e. The first-order valence-electron chi connectivity index (χ1n) is 10.1. The normalized spacial score (nSPS) is 19.4. The van der Waals surface area contributed by atoms with E-state index in [9.17, 15) is 19.8 Å². The van der Waals surface area contributed by atoms with E-state index < -0.39 is 17.7 Å². The summed E-state index contributed by atoms with van der Waals surface area (Å²) in [6, 6.07) is 4.53. The SMILES string of the molecule is CC(C)N(CC1CCNCC1)C1(Oc2ccc(C(=O)O)c(C(=O)O)c2)CCC1. The Labute approximate surface area is 165 Å². The van der Waals surface area contributed by atoms with Gasteiger partial charge in [-0.05, 0) is 70.3 Å². The number of rotatable bonds is 8. The molecule has 0 radical (unpaired) electrons. The Morgan fingerprint density at radius 3 is 2.32 bits per heavy atom. The van der Waals surface area contributed by atoms with Crippen LogP contribution < -0.4 is 10.1 Å². The van der Waals surface area contributed by atoms with Crippen molar-refractivity contribution in [3.05, 3.63) is 29.3 Å². The highest BCUT2D eigenvalue weighted by Crippen LogP contribution is 2.42.